The predicted molar refractivity (Wildman–Crippen MR) is 75.0 cm³/mol. The number of anilines is 3. The van der Waals surface area contributed by atoms with Gasteiger partial charge in [0.1, 0.15) is 5.82 Å². The Morgan fingerprint density at radius 1 is 1.22 bits per heavy atom. The number of hydrogen-bond donors (Lipinski definition) is 2. The van der Waals surface area contributed by atoms with Gasteiger partial charge in [0.25, 0.3) is 0 Å². The summed E-state index contributed by atoms with van der Waals surface area (Å²) in [5, 5.41) is 3.67. The third-order valence-corrected chi connectivity index (χ3v) is 3.04. The second-order valence-corrected chi connectivity index (χ2v) is 4.67. The zero-order valence-corrected chi connectivity index (χ0v) is 11.0. The van der Waals surface area contributed by atoms with Crippen LogP contribution in [0.25, 0.3) is 0 Å². The average Bonchev–Trinajstić information content (AvgIpc) is 2.28. The van der Waals surface area contributed by atoms with Gasteiger partial charge >= 0.3 is 0 Å². The van der Waals surface area contributed by atoms with Gasteiger partial charge in [0.05, 0.1) is 22.1 Å². The van der Waals surface area contributed by atoms with Crippen LogP contribution >= 0.6 is 11.6 Å². The first-order chi connectivity index (χ1) is 8.49. The number of hydrogen-bond acceptors (Lipinski definition) is 2. The van der Waals surface area contributed by atoms with Crippen LogP contribution in [0.15, 0.2) is 30.3 Å². The van der Waals surface area contributed by atoms with Gasteiger partial charge in [0.15, 0.2) is 0 Å². The molecular weight excluding hydrogens is 251 g/mol. The summed E-state index contributed by atoms with van der Waals surface area (Å²) in [4.78, 5) is 0. The van der Waals surface area contributed by atoms with Crippen LogP contribution < -0.4 is 11.1 Å². The van der Waals surface area contributed by atoms with E-state index in [1.165, 1.54) is 6.07 Å². The quantitative estimate of drug-likeness (QED) is 0.788. The van der Waals surface area contributed by atoms with E-state index in [-0.39, 0.29) is 5.69 Å². The molecule has 0 saturated carbocycles. The Kier molecular flexibility index (Phi) is 3.43. The number of nitrogens with one attached hydrogen (secondary N) is 1. The molecule has 0 atom stereocenters. The van der Waals surface area contributed by atoms with Gasteiger partial charge in [0.2, 0.25) is 0 Å². The lowest BCUT2D eigenvalue weighted by Gasteiger charge is -2.14. The highest BCUT2D eigenvalue weighted by atomic mass is 35.5. The molecule has 18 heavy (non-hydrogen) atoms. The Balaban J connectivity index is 2.43. The Hall–Kier alpha value is -1.74. The molecule has 2 rings (SSSR count). The van der Waals surface area contributed by atoms with Crippen molar-refractivity contribution < 1.29 is 4.39 Å². The summed E-state index contributed by atoms with van der Waals surface area (Å²) >= 11 is 6.18. The molecule has 0 bridgehead atoms. The maximum absolute atomic E-state index is 13.3. The molecule has 0 aliphatic heterocycles. The van der Waals surface area contributed by atoms with Crippen LogP contribution in [0.5, 0.6) is 0 Å². The van der Waals surface area contributed by atoms with Gasteiger partial charge in [-0.15, -0.1) is 0 Å². The molecule has 0 amide bonds. The van der Waals surface area contributed by atoms with Crippen molar-refractivity contribution >= 4 is 28.7 Å². The highest BCUT2D eigenvalue weighted by molar-refractivity contribution is 6.33. The highest BCUT2D eigenvalue weighted by Crippen LogP contribution is 2.32. The van der Waals surface area contributed by atoms with Crippen LogP contribution in [0.2, 0.25) is 5.02 Å². The summed E-state index contributed by atoms with van der Waals surface area (Å²) in [5.74, 6) is -0.444. The van der Waals surface area contributed by atoms with Crippen molar-refractivity contribution in [2.24, 2.45) is 0 Å². The molecular formula is C14H14ClFN2. The van der Waals surface area contributed by atoms with E-state index in [1.54, 1.807) is 12.1 Å². The van der Waals surface area contributed by atoms with Gasteiger partial charge < -0.3 is 11.1 Å². The van der Waals surface area contributed by atoms with E-state index in [0.29, 0.717) is 10.7 Å². The molecule has 0 heterocycles. The number of para-hydroxylation sites is 1. The Morgan fingerprint density at radius 2 is 1.94 bits per heavy atom. The van der Waals surface area contributed by atoms with Crippen LogP contribution in [0, 0.1) is 19.7 Å². The van der Waals surface area contributed by atoms with E-state index in [9.17, 15) is 4.39 Å². The van der Waals surface area contributed by atoms with Crippen LogP contribution in [0.1, 0.15) is 11.1 Å². The summed E-state index contributed by atoms with van der Waals surface area (Å²) < 4.78 is 13.3. The summed E-state index contributed by atoms with van der Waals surface area (Å²) in [6.07, 6.45) is 0. The minimum Gasteiger partial charge on any atom is -0.395 e. The van der Waals surface area contributed by atoms with Gasteiger partial charge in [0, 0.05) is 0 Å². The molecule has 0 fully saturated rings. The fraction of sp³-hybridized carbons (Fsp3) is 0.143. The number of aryl methyl sites for hydroxylation is 2. The number of halogens is 2. The molecule has 0 aromatic heterocycles. The zero-order valence-electron chi connectivity index (χ0n) is 10.2. The van der Waals surface area contributed by atoms with Crippen molar-refractivity contribution in [2.45, 2.75) is 13.8 Å². The summed E-state index contributed by atoms with van der Waals surface area (Å²) in [5.41, 5.74) is 9.11. The maximum atomic E-state index is 13.3. The molecule has 2 aromatic carbocycles. The smallest absolute Gasteiger partial charge is 0.148 e. The van der Waals surface area contributed by atoms with E-state index in [1.807, 2.05) is 26.0 Å². The van der Waals surface area contributed by atoms with Crippen LogP contribution in [-0.2, 0) is 0 Å². The minimum atomic E-state index is -0.444. The van der Waals surface area contributed by atoms with Gasteiger partial charge in [-0.1, -0.05) is 23.7 Å². The second-order valence-electron chi connectivity index (χ2n) is 4.26. The molecule has 94 valence electrons. The van der Waals surface area contributed by atoms with Crippen molar-refractivity contribution in [3.63, 3.8) is 0 Å². The molecule has 2 nitrogen and oxygen atoms in total. The summed E-state index contributed by atoms with van der Waals surface area (Å²) in [7, 11) is 0. The SMILES string of the molecule is Cc1cc(C)c(Nc2cccc(F)c2N)c(Cl)c1. The number of nitrogens with two attached hydrogens (primary N) is 1. The van der Waals surface area contributed by atoms with Crippen molar-refractivity contribution in [3.05, 3.63) is 52.3 Å². The minimum absolute atomic E-state index is 0.0912. The summed E-state index contributed by atoms with van der Waals surface area (Å²) in [6.45, 7) is 3.91. The zero-order chi connectivity index (χ0) is 13.3. The molecule has 0 aliphatic rings. The van der Waals surface area contributed by atoms with Crippen LogP contribution in [0.3, 0.4) is 0 Å². The monoisotopic (exact) mass is 264 g/mol. The third-order valence-electron chi connectivity index (χ3n) is 2.74. The number of nitrogen functional groups attached to an aromatic ring is 1. The molecule has 0 aliphatic carbocycles. The second kappa shape index (κ2) is 4.86. The Labute approximate surface area is 111 Å². The lowest BCUT2D eigenvalue weighted by molar-refractivity contribution is 0.633. The topological polar surface area (TPSA) is 38.0 Å². The van der Waals surface area contributed by atoms with Crippen molar-refractivity contribution in [2.75, 3.05) is 11.1 Å². The van der Waals surface area contributed by atoms with Crippen LogP contribution in [0.4, 0.5) is 21.5 Å². The van der Waals surface area contributed by atoms with E-state index in [0.717, 1.165) is 16.8 Å². The van der Waals surface area contributed by atoms with Crippen LogP contribution in [-0.4, -0.2) is 0 Å². The lowest BCUT2D eigenvalue weighted by atomic mass is 10.1. The van der Waals surface area contributed by atoms with Crippen molar-refractivity contribution in [1.82, 2.24) is 0 Å². The molecule has 0 saturated heterocycles. The maximum Gasteiger partial charge on any atom is 0.148 e. The summed E-state index contributed by atoms with van der Waals surface area (Å²) in [6, 6.07) is 8.50. The van der Waals surface area contributed by atoms with Gasteiger partial charge in [-0.05, 0) is 43.2 Å². The molecule has 0 spiro atoms. The molecule has 0 unspecified atom stereocenters. The van der Waals surface area contributed by atoms with E-state index in [4.69, 9.17) is 17.3 Å². The normalized spacial score (nSPS) is 10.4. The molecule has 3 N–H and O–H groups in total. The third kappa shape index (κ3) is 2.41. The highest BCUT2D eigenvalue weighted by Gasteiger charge is 2.09. The van der Waals surface area contributed by atoms with Gasteiger partial charge in [-0.2, -0.15) is 0 Å². The average molecular weight is 265 g/mol. The molecule has 4 heteroatoms. The van der Waals surface area contributed by atoms with Crippen molar-refractivity contribution in [3.8, 4) is 0 Å². The molecule has 0 radical (unpaired) electrons. The lowest BCUT2D eigenvalue weighted by Crippen LogP contribution is -2.00. The fourth-order valence-electron chi connectivity index (χ4n) is 1.85. The molecule has 2 aromatic rings. The fourth-order valence-corrected chi connectivity index (χ4v) is 2.22. The van der Waals surface area contributed by atoms with E-state index >= 15 is 0 Å². The van der Waals surface area contributed by atoms with E-state index < -0.39 is 5.82 Å². The first-order valence-corrected chi connectivity index (χ1v) is 5.94. The van der Waals surface area contributed by atoms with E-state index in [2.05, 4.69) is 5.32 Å². The number of rotatable bonds is 2. The standard InChI is InChI=1S/C14H14ClFN2/c1-8-6-9(2)14(10(15)7-8)18-12-5-3-4-11(16)13(12)17/h3-7,18H,17H2,1-2H3. The Morgan fingerprint density at radius 3 is 2.61 bits per heavy atom. The first kappa shape index (κ1) is 12.7. The predicted octanol–water partition coefficient (Wildman–Crippen LogP) is 4.42. The number of benzene rings is 2. The van der Waals surface area contributed by atoms with Gasteiger partial charge in [-0.3, -0.25) is 0 Å². The first-order valence-electron chi connectivity index (χ1n) is 5.57. The van der Waals surface area contributed by atoms with Gasteiger partial charge in [-0.25, -0.2) is 4.39 Å². The van der Waals surface area contributed by atoms with Crippen molar-refractivity contribution in [1.29, 1.82) is 0 Å². The largest absolute Gasteiger partial charge is 0.395 e. The Bertz CT molecular complexity index is 573.